The van der Waals surface area contributed by atoms with Crippen LogP contribution in [0.5, 0.6) is 0 Å². The number of nitrogens with zero attached hydrogens (tertiary/aromatic N) is 3. The molecule has 1 N–H and O–H groups in total. The molecule has 8 heteroatoms. The highest BCUT2D eigenvalue weighted by atomic mass is 32.2. The van der Waals surface area contributed by atoms with Crippen LogP contribution in [0.25, 0.3) is 0 Å². The van der Waals surface area contributed by atoms with Gasteiger partial charge in [-0.15, -0.1) is 0 Å². The smallest absolute Gasteiger partial charge is 0.274 e. The molecular formula is C14H22N4O3S. The van der Waals surface area contributed by atoms with Crippen LogP contribution >= 0.6 is 0 Å². The minimum Gasteiger partial charge on any atom is -0.337 e. The highest BCUT2D eigenvalue weighted by Crippen LogP contribution is 2.25. The number of aromatic amines is 1. The monoisotopic (exact) mass is 326 g/mol. The topological polar surface area (TPSA) is 86.4 Å². The van der Waals surface area contributed by atoms with Gasteiger partial charge < -0.3 is 4.90 Å². The lowest BCUT2D eigenvalue weighted by atomic mass is 10.0. The molecule has 0 unspecified atom stereocenters. The van der Waals surface area contributed by atoms with Gasteiger partial charge in [-0.25, -0.2) is 12.7 Å². The minimum atomic E-state index is -3.13. The first-order chi connectivity index (χ1) is 10.4. The van der Waals surface area contributed by atoms with Crippen LogP contribution in [0.4, 0.5) is 0 Å². The van der Waals surface area contributed by atoms with Crippen LogP contribution in [0, 0.1) is 0 Å². The van der Waals surface area contributed by atoms with E-state index in [-0.39, 0.29) is 11.9 Å². The van der Waals surface area contributed by atoms with Crippen LogP contribution in [-0.4, -0.2) is 66.2 Å². The van der Waals surface area contributed by atoms with E-state index in [1.165, 1.54) is 10.6 Å². The fourth-order valence-electron chi connectivity index (χ4n) is 3.39. The number of carbonyl (C=O) groups excluding carboxylic acids is 1. The second-order valence-electron chi connectivity index (χ2n) is 6.19. The van der Waals surface area contributed by atoms with Crippen molar-refractivity contribution in [1.29, 1.82) is 0 Å². The number of nitrogens with one attached hydrogen (secondary N) is 1. The molecule has 0 spiro atoms. The quantitative estimate of drug-likeness (QED) is 0.871. The molecule has 0 bridgehead atoms. The van der Waals surface area contributed by atoms with E-state index in [0.29, 0.717) is 31.6 Å². The third-order valence-corrected chi connectivity index (χ3v) is 6.07. The number of rotatable bonds is 3. The Hall–Kier alpha value is -1.41. The molecule has 22 heavy (non-hydrogen) atoms. The van der Waals surface area contributed by atoms with Crippen molar-refractivity contribution in [2.24, 2.45) is 0 Å². The number of piperidine rings is 1. The molecule has 1 aromatic rings. The molecule has 2 heterocycles. The van der Waals surface area contributed by atoms with Crippen LogP contribution in [0.1, 0.15) is 41.0 Å². The molecule has 1 saturated heterocycles. The predicted octanol–water partition coefficient (Wildman–Crippen LogP) is 0.394. The summed E-state index contributed by atoms with van der Waals surface area (Å²) in [4.78, 5) is 14.4. The van der Waals surface area contributed by atoms with Gasteiger partial charge in [0.2, 0.25) is 10.0 Å². The maximum Gasteiger partial charge on any atom is 0.274 e. The van der Waals surface area contributed by atoms with Crippen molar-refractivity contribution >= 4 is 15.9 Å². The van der Waals surface area contributed by atoms with Gasteiger partial charge in [-0.3, -0.25) is 9.89 Å². The summed E-state index contributed by atoms with van der Waals surface area (Å²) >= 11 is 0. The number of sulfonamides is 1. The van der Waals surface area contributed by atoms with Gasteiger partial charge in [-0.05, 0) is 32.1 Å². The number of fused-ring (bicyclic) bond motifs is 1. The highest BCUT2D eigenvalue weighted by Gasteiger charge is 2.32. The SMILES string of the molecule is CN(C(=O)c1n[nH]c2c1CCC2)C1CCN(S(C)(=O)=O)CC1. The third kappa shape index (κ3) is 2.77. The van der Waals surface area contributed by atoms with E-state index in [4.69, 9.17) is 0 Å². The van der Waals surface area contributed by atoms with Gasteiger partial charge in [0, 0.05) is 37.4 Å². The zero-order valence-corrected chi connectivity index (χ0v) is 13.8. The molecule has 1 aromatic heterocycles. The standard InChI is InChI=1S/C14H22N4O3S/c1-17(10-6-8-18(9-7-10)22(2,20)21)14(19)13-11-4-3-5-12(11)15-16-13/h10H,3-9H2,1-2H3,(H,15,16). The van der Waals surface area contributed by atoms with Crippen molar-refractivity contribution in [3.05, 3.63) is 17.0 Å². The number of amides is 1. The first-order valence-corrected chi connectivity index (χ1v) is 9.51. The Labute approximate surface area is 130 Å². The molecule has 0 saturated carbocycles. The maximum atomic E-state index is 12.7. The van der Waals surface area contributed by atoms with Crippen molar-refractivity contribution in [2.75, 3.05) is 26.4 Å². The van der Waals surface area contributed by atoms with Gasteiger partial charge in [0.1, 0.15) is 0 Å². The Morgan fingerprint density at radius 1 is 1.32 bits per heavy atom. The van der Waals surface area contributed by atoms with Crippen molar-refractivity contribution in [3.8, 4) is 0 Å². The number of aromatic nitrogens is 2. The molecule has 1 fully saturated rings. The molecule has 0 atom stereocenters. The van der Waals surface area contributed by atoms with E-state index in [9.17, 15) is 13.2 Å². The fourth-order valence-corrected chi connectivity index (χ4v) is 4.26. The van der Waals surface area contributed by atoms with Crippen molar-refractivity contribution in [1.82, 2.24) is 19.4 Å². The summed E-state index contributed by atoms with van der Waals surface area (Å²) in [6.45, 7) is 0.944. The Morgan fingerprint density at radius 2 is 2.00 bits per heavy atom. The Bertz CT molecular complexity index is 674. The molecule has 2 aliphatic rings. The molecule has 122 valence electrons. The van der Waals surface area contributed by atoms with Gasteiger partial charge in [-0.1, -0.05) is 0 Å². The Balaban J connectivity index is 1.67. The summed E-state index contributed by atoms with van der Waals surface area (Å²) < 4.78 is 24.6. The molecule has 0 aromatic carbocycles. The zero-order valence-electron chi connectivity index (χ0n) is 13.0. The van der Waals surface area contributed by atoms with Crippen molar-refractivity contribution in [3.63, 3.8) is 0 Å². The molecule has 1 amide bonds. The largest absolute Gasteiger partial charge is 0.337 e. The molecule has 0 radical (unpaired) electrons. The molecule has 3 rings (SSSR count). The van der Waals surface area contributed by atoms with Gasteiger partial charge in [0.05, 0.1) is 6.26 Å². The molecule has 7 nitrogen and oxygen atoms in total. The summed E-state index contributed by atoms with van der Waals surface area (Å²) in [5.41, 5.74) is 2.69. The van der Waals surface area contributed by atoms with Gasteiger partial charge in [0.25, 0.3) is 5.91 Å². The van der Waals surface area contributed by atoms with E-state index in [2.05, 4.69) is 10.2 Å². The Morgan fingerprint density at radius 3 is 2.64 bits per heavy atom. The summed E-state index contributed by atoms with van der Waals surface area (Å²) in [5.74, 6) is -0.0581. The molecule has 1 aliphatic heterocycles. The second-order valence-corrected chi connectivity index (χ2v) is 8.17. The lowest BCUT2D eigenvalue weighted by Gasteiger charge is -2.35. The van der Waals surface area contributed by atoms with Crippen molar-refractivity contribution in [2.45, 2.75) is 38.1 Å². The summed E-state index contributed by atoms with van der Waals surface area (Å²) in [5, 5.41) is 7.15. The summed E-state index contributed by atoms with van der Waals surface area (Å²) in [6, 6.07) is 0.0688. The van der Waals surface area contributed by atoms with Gasteiger partial charge in [0.15, 0.2) is 5.69 Å². The predicted molar refractivity (Wildman–Crippen MR) is 82.1 cm³/mol. The number of aryl methyl sites for hydroxylation is 1. The average Bonchev–Trinajstić information content (AvgIpc) is 3.08. The first kappa shape index (κ1) is 15.5. The van der Waals surface area contributed by atoms with E-state index < -0.39 is 10.0 Å². The minimum absolute atomic E-state index is 0.0581. The van der Waals surface area contributed by atoms with Crippen LogP contribution in [0.2, 0.25) is 0 Å². The zero-order chi connectivity index (χ0) is 15.9. The number of H-pyrrole nitrogens is 1. The van der Waals surface area contributed by atoms with E-state index in [0.717, 1.165) is 30.5 Å². The maximum absolute atomic E-state index is 12.7. The highest BCUT2D eigenvalue weighted by molar-refractivity contribution is 7.88. The summed E-state index contributed by atoms with van der Waals surface area (Å²) in [7, 11) is -1.34. The number of carbonyl (C=O) groups is 1. The lowest BCUT2D eigenvalue weighted by molar-refractivity contribution is 0.0675. The van der Waals surface area contributed by atoms with E-state index in [1.54, 1.807) is 11.9 Å². The number of hydrogen-bond acceptors (Lipinski definition) is 4. The lowest BCUT2D eigenvalue weighted by Crippen LogP contribution is -2.47. The van der Waals surface area contributed by atoms with Gasteiger partial charge in [-0.2, -0.15) is 5.10 Å². The van der Waals surface area contributed by atoms with E-state index >= 15 is 0 Å². The first-order valence-electron chi connectivity index (χ1n) is 7.66. The van der Waals surface area contributed by atoms with E-state index in [1.807, 2.05) is 0 Å². The normalized spacial score (nSPS) is 20.1. The molecule has 1 aliphatic carbocycles. The number of hydrogen-bond donors (Lipinski definition) is 1. The average molecular weight is 326 g/mol. The van der Waals surface area contributed by atoms with Crippen LogP contribution < -0.4 is 0 Å². The Kier molecular flexibility index (Phi) is 3.98. The second kappa shape index (κ2) is 5.66. The van der Waals surface area contributed by atoms with Crippen LogP contribution in [-0.2, 0) is 22.9 Å². The third-order valence-electron chi connectivity index (χ3n) is 4.77. The van der Waals surface area contributed by atoms with Crippen LogP contribution in [0.15, 0.2) is 0 Å². The van der Waals surface area contributed by atoms with Crippen LogP contribution in [0.3, 0.4) is 0 Å². The molecular weight excluding hydrogens is 304 g/mol. The summed E-state index contributed by atoms with van der Waals surface area (Å²) in [6.07, 6.45) is 5.51. The van der Waals surface area contributed by atoms with Gasteiger partial charge >= 0.3 is 0 Å². The fraction of sp³-hybridized carbons (Fsp3) is 0.714. The van der Waals surface area contributed by atoms with Crippen molar-refractivity contribution < 1.29 is 13.2 Å².